The number of ketones is 1. The molecule has 0 atom stereocenters. The summed E-state index contributed by atoms with van der Waals surface area (Å²) in [5.74, 6) is -0.113. The van der Waals surface area contributed by atoms with Crippen molar-refractivity contribution in [2.24, 2.45) is 0 Å². The minimum absolute atomic E-state index is 0.0345. The van der Waals surface area contributed by atoms with Crippen LogP contribution in [0, 0.1) is 0 Å². The van der Waals surface area contributed by atoms with E-state index in [9.17, 15) is 9.59 Å². The van der Waals surface area contributed by atoms with Crippen LogP contribution in [0.4, 0.5) is 0 Å². The molecule has 0 saturated carbocycles. The summed E-state index contributed by atoms with van der Waals surface area (Å²) in [7, 11) is 1.50. The van der Waals surface area contributed by atoms with Crippen LogP contribution in [0.1, 0.15) is 33.2 Å². The van der Waals surface area contributed by atoms with Gasteiger partial charge in [0.15, 0.2) is 5.78 Å². The number of rotatable bonds is 5. The molecule has 6 heteroatoms. The Bertz CT molecular complexity index is 736. The van der Waals surface area contributed by atoms with Crippen LogP contribution in [0.3, 0.4) is 0 Å². The molecule has 0 aliphatic heterocycles. The lowest BCUT2D eigenvalue weighted by Gasteiger charge is -2.11. The maximum Gasteiger partial charge on any atom is 0.338 e. The van der Waals surface area contributed by atoms with Crippen molar-refractivity contribution in [3.05, 3.63) is 63.1 Å². The van der Waals surface area contributed by atoms with Crippen LogP contribution in [-0.4, -0.2) is 18.9 Å². The molecule has 0 radical (unpaired) electrons. The number of Topliss-reactive ketones (excluding diaryl/α,β-unsaturated/α-hetero) is 1. The van der Waals surface area contributed by atoms with Crippen molar-refractivity contribution < 1.29 is 19.1 Å². The van der Waals surface area contributed by atoms with Crippen LogP contribution in [0.15, 0.2) is 36.4 Å². The van der Waals surface area contributed by atoms with Crippen LogP contribution >= 0.6 is 23.2 Å². The zero-order valence-electron chi connectivity index (χ0n) is 12.6. The maximum absolute atomic E-state index is 12.1. The Kier molecular flexibility index (Phi) is 5.64. The summed E-state index contributed by atoms with van der Waals surface area (Å²) in [6, 6.07) is 9.43. The first kappa shape index (κ1) is 17.3. The predicted molar refractivity (Wildman–Crippen MR) is 88.6 cm³/mol. The second kappa shape index (κ2) is 7.49. The molecule has 0 heterocycles. The molecule has 0 amide bonds. The van der Waals surface area contributed by atoms with E-state index in [1.54, 1.807) is 18.2 Å². The average Bonchev–Trinajstić information content (AvgIpc) is 2.51. The van der Waals surface area contributed by atoms with Crippen LogP contribution in [0.5, 0.6) is 5.75 Å². The molecule has 2 aromatic carbocycles. The Morgan fingerprint density at radius 1 is 1.00 bits per heavy atom. The minimum atomic E-state index is -0.565. The normalized spacial score (nSPS) is 10.3. The molecule has 0 fully saturated rings. The summed E-state index contributed by atoms with van der Waals surface area (Å²) >= 11 is 11.7. The third-order valence-corrected chi connectivity index (χ3v) is 3.58. The zero-order valence-corrected chi connectivity index (χ0v) is 14.1. The standard InChI is InChI=1S/C17H14Cl2O4/c1-10(20)11-3-4-16(22-2)13(5-11)9-23-17(21)12-6-14(18)8-15(19)7-12/h3-8H,9H2,1-2H3. The van der Waals surface area contributed by atoms with E-state index in [4.69, 9.17) is 32.7 Å². The summed E-state index contributed by atoms with van der Waals surface area (Å²) in [5, 5.41) is 0.696. The van der Waals surface area contributed by atoms with Gasteiger partial charge in [0.1, 0.15) is 12.4 Å². The first-order valence-electron chi connectivity index (χ1n) is 6.72. The average molecular weight is 353 g/mol. The molecule has 0 aliphatic rings. The Hall–Kier alpha value is -2.04. The van der Waals surface area contributed by atoms with Crippen LogP contribution in [0.25, 0.3) is 0 Å². The van der Waals surface area contributed by atoms with E-state index < -0.39 is 5.97 Å². The van der Waals surface area contributed by atoms with E-state index in [0.29, 0.717) is 26.9 Å². The van der Waals surface area contributed by atoms with E-state index >= 15 is 0 Å². The lowest BCUT2D eigenvalue weighted by Crippen LogP contribution is -2.07. The highest BCUT2D eigenvalue weighted by molar-refractivity contribution is 6.35. The van der Waals surface area contributed by atoms with Crippen molar-refractivity contribution >= 4 is 35.0 Å². The Labute approximate surface area is 143 Å². The Morgan fingerprint density at radius 3 is 2.22 bits per heavy atom. The van der Waals surface area contributed by atoms with Gasteiger partial charge in [0.2, 0.25) is 0 Å². The molecular weight excluding hydrogens is 339 g/mol. The molecule has 4 nitrogen and oxygen atoms in total. The predicted octanol–water partition coefficient (Wildman–Crippen LogP) is 4.56. The third-order valence-electron chi connectivity index (χ3n) is 3.14. The topological polar surface area (TPSA) is 52.6 Å². The highest BCUT2D eigenvalue weighted by Gasteiger charge is 2.13. The molecule has 0 saturated heterocycles. The summed E-state index contributed by atoms with van der Waals surface area (Å²) in [5.41, 5.74) is 1.37. The number of hydrogen-bond acceptors (Lipinski definition) is 4. The van der Waals surface area contributed by atoms with Gasteiger partial charge in [0, 0.05) is 21.2 Å². The number of ether oxygens (including phenoxy) is 2. The van der Waals surface area contributed by atoms with Crippen LogP contribution in [-0.2, 0) is 11.3 Å². The van der Waals surface area contributed by atoms with Gasteiger partial charge < -0.3 is 9.47 Å². The number of esters is 1. The first-order chi connectivity index (χ1) is 10.9. The number of halogens is 2. The van der Waals surface area contributed by atoms with Gasteiger partial charge in [-0.3, -0.25) is 4.79 Å². The van der Waals surface area contributed by atoms with E-state index in [2.05, 4.69) is 0 Å². The molecule has 0 aromatic heterocycles. The van der Waals surface area contributed by atoms with Crippen LogP contribution < -0.4 is 4.74 Å². The summed E-state index contributed by atoms with van der Waals surface area (Å²) in [4.78, 5) is 23.5. The number of hydrogen-bond donors (Lipinski definition) is 0. The first-order valence-corrected chi connectivity index (χ1v) is 7.47. The fourth-order valence-electron chi connectivity index (χ4n) is 2.01. The second-order valence-electron chi connectivity index (χ2n) is 4.82. The molecule has 23 heavy (non-hydrogen) atoms. The van der Waals surface area contributed by atoms with Gasteiger partial charge in [0.25, 0.3) is 0 Å². The lowest BCUT2D eigenvalue weighted by molar-refractivity contribution is 0.0470. The van der Waals surface area contributed by atoms with Gasteiger partial charge in [-0.05, 0) is 43.3 Å². The van der Waals surface area contributed by atoms with E-state index in [-0.39, 0.29) is 18.0 Å². The van der Waals surface area contributed by atoms with Crippen LogP contribution in [0.2, 0.25) is 10.0 Å². The molecule has 2 rings (SSSR count). The van der Waals surface area contributed by atoms with E-state index in [1.165, 1.54) is 32.2 Å². The lowest BCUT2D eigenvalue weighted by atomic mass is 10.1. The molecule has 0 aliphatic carbocycles. The number of benzene rings is 2. The largest absolute Gasteiger partial charge is 0.496 e. The van der Waals surface area contributed by atoms with Crippen molar-refractivity contribution in [3.8, 4) is 5.75 Å². The third kappa shape index (κ3) is 4.47. The second-order valence-corrected chi connectivity index (χ2v) is 5.69. The molecule has 120 valence electrons. The van der Waals surface area contributed by atoms with Crippen molar-refractivity contribution in [2.45, 2.75) is 13.5 Å². The van der Waals surface area contributed by atoms with Gasteiger partial charge in [-0.15, -0.1) is 0 Å². The molecule has 0 N–H and O–H groups in total. The molecule has 2 aromatic rings. The zero-order chi connectivity index (χ0) is 17.0. The Morgan fingerprint density at radius 2 is 1.65 bits per heavy atom. The summed E-state index contributed by atoms with van der Waals surface area (Å²) < 4.78 is 10.5. The summed E-state index contributed by atoms with van der Waals surface area (Å²) in [6.07, 6.45) is 0. The molecular formula is C17H14Cl2O4. The number of carbonyl (C=O) groups is 2. The van der Waals surface area contributed by atoms with Gasteiger partial charge >= 0.3 is 5.97 Å². The maximum atomic E-state index is 12.1. The fraction of sp³-hybridized carbons (Fsp3) is 0.176. The van der Waals surface area contributed by atoms with Crippen molar-refractivity contribution in [2.75, 3.05) is 7.11 Å². The number of methoxy groups -OCH3 is 1. The highest BCUT2D eigenvalue weighted by atomic mass is 35.5. The quantitative estimate of drug-likeness (QED) is 0.584. The van der Waals surface area contributed by atoms with Gasteiger partial charge in [-0.25, -0.2) is 4.79 Å². The minimum Gasteiger partial charge on any atom is -0.496 e. The highest BCUT2D eigenvalue weighted by Crippen LogP contribution is 2.23. The van der Waals surface area contributed by atoms with Crippen molar-refractivity contribution in [3.63, 3.8) is 0 Å². The van der Waals surface area contributed by atoms with E-state index in [0.717, 1.165) is 0 Å². The summed E-state index contributed by atoms with van der Waals surface area (Å²) in [6.45, 7) is 1.43. The SMILES string of the molecule is COc1ccc(C(C)=O)cc1COC(=O)c1cc(Cl)cc(Cl)c1. The van der Waals surface area contributed by atoms with Gasteiger partial charge in [0.05, 0.1) is 12.7 Å². The van der Waals surface area contributed by atoms with E-state index in [1.807, 2.05) is 0 Å². The monoisotopic (exact) mass is 352 g/mol. The molecule has 0 bridgehead atoms. The van der Waals surface area contributed by atoms with Crippen molar-refractivity contribution in [1.82, 2.24) is 0 Å². The molecule has 0 spiro atoms. The van der Waals surface area contributed by atoms with Crippen molar-refractivity contribution in [1.29, 1.82) is 0 Å². The van der Waals surface area contributed by atoms with Gasteiger partial charge in [-0.1, -0.05) is 23.2 Å². The fourth-order valence-corrected chi connectivity index (χ4v) is 2.53. The smallest absolute Gasteiger partial charge is 0.338 e. The van der Waals surface area contributed by atoms with Gasteiger partial charge in [-0.2, -0.15) is 0 Å². The Balaban J connectivity index is 2.17. The number of carbonyl (C=O) groups excluding carboxylic acids is 2. The molecule has 0 unspecified atom stereocenters.